The van der Waals surface area contributed by atoms with Gasteiger partial charge in [0.05, 0.1) is 12.6 Å². The molecule has 0 aliphatic carbocycles. The minimum absolute atomic E-state index is 0.199. The molecule has 0 N–H and O–H groups in total. The van der Waals surface area contributed by atoms with Crippen molar-refractivity contribution >= 4 is 0 Å². The highest BCUT2D eigenvalue weighted by molar-refractivity contribution is 4.95. The van der Waals surface area contributed by atoms with Crippen LogP contribution in [0.5, 0.6) is 0 Å². The molecule has 0 fully saturated rings. The highest BCUT2D eigenvalue weighted by Gasteiger charge is 2.24. The van der Waals surface area contributed by atoms with Crippen LogP contribution >= 0.6 is 0 Å². The zero-order chi connectivity index (χ0) is 9.84. The molecule has 0 bridgehead atoms. The van der Waals surface area contributed by atoms with E-state index >= 15 is 0 Å². The van der Waals surface area contributed by atoms with Gasteiger partial charge in [-0.25, -0.2) is 0 Å². The highest BCUT2D eigenvalue weighted by atomic mass is 15.5. The Balaban J connectivity index is 2.72. The van der Waals surface area contributed by atoms with Crippen molar-refractivity contribution in [2.75, 3.05) is 34.2 Å². The average Bonchev–Trinajstić information content (AvgIpc) is 2.04. The molecule has 0 aromatic heterocycles. The smallest absolute Gasteiger partial charge is 0.139 e. The van der Waals surface area contributed by atoms with Crippen molar-refractivity contribution in [1.29, 1.82) is 5.26 Å². The van der Waals surface area contributed by atoms with Crippen LogP contribution in [0.2, 0.25) is 0 Å². The third kappa shape index (κ3) is 2.20. The number of rotatable bonds is 2. The van der Waals surface area contributed by atoms with Gasteiger partial charge in [-0.15, -0.1) is 0 Å². The minimum atomic E-state index is 0.199. The lowest BCUT2D eigenvalue weighted by molar-refractivity contribution is -0.00569. The molecule has 0 aromatic rings. The third-order valence-corrected chi connectivity index (χ3v) is 2.11. The van der Waals surface area contributed by atoms with Crippen LogP contribution in [-0.2, 0) is 0 Å². The maximum absolute atomic E-state index is 8.65. The Morgan fingerprint density at radius 1 is 1.62 bits per heavy atom. The Morgan fingerprint density at radius 2 is 2.31 bits per heavy atom. The summed E-state index contributed by atoms with van der Waals surface area (Å²) in [5.41, 5.74) is 0. The molecular weight excluding hydrogens is 164 g/mol. The fourth-order valence-electron chi connectivity index (χ4n) is 1.71. The van der Waals surface area contributed by atoms with Gasteiger partial charge in [0.2, 0.25) is 0 Å². The number of nitrogens with zero attached hydrogens (tertiary/aromatic N) is 4. The molecule has 0 aromatic carbocycles. The van der Waals surface area contributed by atoms with Crippen molar-refractivity contribution in [3.05, 3.63) is 12.3 Å². The molecule has 1 rings (SSSR count). The number of hydrogen-bond donors (Lipinski definition) is 0. The van der Waals surface area contributed by atoms with E-state index in [1.54, 1.807) is 0 Å². The van der Waals surface area contributed by atoms with E-state index in [0.717, 1.165) is 6.54 Å². The second kappa shape index (κ2) is 4.26. The SMILES string of the molecule is CN(C)C1N(C)C=CCN1CC#N. The van der Waals surface area contributed by atoms with Crippen LogP contribution in [0, 0.1) is 11.3 Å². The van der Waals surface area contributed by atoms with Crippen molar-refractivity contribution in [1.82, 2.24) is 14.7 Å². The monoisotopic (exact) mass is 180 g/mol. The zero-order valence-electron chi connectivity index (χ0n) is 8.44. The molecular formula is C9H16N4. The summed E-state index contributed by atoms with van der Waals surface area (Å²) in [5.74, 6) is 0. The molecule has 4 nitrogen and oxygen atoms in total. The van der Waals surface area contributed by atoms with Gasteiger partial charge < -0.3 is 4.90 Å². The molecule has 13 heavy (non-hydrogen) atoms. The first-order valence-corrected chi connectivity index (χ1v) is 4.33. The first-order chi connectivity index (χ1) is 6.16. The van der Waals surface area contributed by atoms with Gasteiger partial charge in [0.15, 0.2) is 0 Å². The van der Waals surface area contributed by atoms with Gasteiger partial charge in [-0.05, 0) is 20.3 Å². The van der Waals surface area contributed by atoms with Crippen LogP contribution in [-0.4, -0.2) is 55.2 Å². The Kier molecular flexibility index (Phi) is 3.29. The van der Waals surface area contributed by atoms with E-state index in [-0.39, 0.29) is 6.29 Å². The largest absolute Gasteiger partial charge is 0.353 e. The van der Waals surface area contributed by atoms with E-state index in [0.29, 0.717) is 6.54 Å². The van der Waals surface area contributed by atoms with Crippen molar-refractivity contribution in [3.8, 4) is 6.07 Å². The van der Waals surface area contributed by atoms with Crippen LogP contribution in [0.1, 0.15) is 0 Å². The minimum Gasteiger partial charge on any atom is -0.353 e. The molecule has 4 heteroatoms. The predicted octanol–water partition coefficient (Wildman–Crippen LogP) is 0.116. The van der Waals surface area contributed by atoms with Crippen molar-refractivity contribution in [2.45, 2.75) is 6.29 Å². The molecule has 0 amide bonds. The van der Waals surface area contributed by atoms with Gasteiger partial charge in [0, 0.05) is 13.6 Å². The Hall–Kier alpha value is -1.05. The second-order valence-corrected chi connectivity index (χ2v) is 3.45. The normalized spacial score (nSPS) is 23.6. The summed E-state index contributed by atoms with van der Waals surface area (Å²) < 4.78 is 0. The van der Waals surface area contributed by atoms with Crippen LogP contribution < -0.4 is 0 Å². The maximum Gasteiger partial charge on any atom is 0.139 e. The summed E-state index contributed by atoms with van der Waals surface area (Å²) in [7, 11) is 6.06. The van der Waals surface area contributed by atoms with Crippen molar-refractivity contribution < 1.29 is 0 Å². The summed E-state index contributed by atoms with van der Waals surface area (Å²) >= 11 is 0. The highest BCUT2D eigenvalue weighted by Crippen LogP contribution is 2.11. The van der Waals surface area contributed by atoms with Crippen LogP contribution in [0.4, 0.5) is 0 Å². The fourth-order valence-corrected chi connectivity index (χ4v) is 1.71. The molecule has 72 valence electrons. The maximum atomic E-state index is 8.65. The zero-order valence-corrected chi connectivity index (χ0v) is 8.44. The number of hydrogen-bond acceptors (Lipinski definition) is 4. The van der Waals surface area contributed by atoms with E-state index in [1.165, 1.54) is 0 Å². The fraction of sp³-hybridized carbons (Fsp3) is 0.667. The van der Waals surface area contributed by atoms with Crippen LogP contribution in [0.25, 0.3) is 0 Å². The Morgan fingerprint density at radius 3 is 2.85 bits per heavy atom. The standard InChI is InChI=1S/C9H16N4/c1-11(2)9-12(3)6-4-7-13(9)8-5-10/h4,6,9H,7-8H2,1-3H3. The summed E-state index contributed by atoms with van der Waals surface area (Å²) in [6.45, 7) is 1.32. The molecule has 1 unspecified atom stereocenters. The van der Waals surface area contributed by atoms with E-state index < -0.39 is 0 Å². The summed E-state index contributed by atoms with van der Waals surface area (Å²) in [6.07, 6.45) is 4.32. The molecule has 1 aliphatic heterocycles. The number of nitriles is 1. The molecule has 0 saturated heterocycles. The molecule has 1 aliphatic rings. The lowest BCUT2D eigenvalue weighted by Gasteiger charge is -2.42. The van der Waals surface area contributed by atoms with Gasteiger partial charge in [-0.1, -0.05) is 6.08 Å². The molecule has 0 spiro atoms. The quantitative estimate of drug-likeness (QED) is 0.565. The van der Waals surface area contributed by atoms with Crippen molar-refractivity contribution in [2.24, 2.45) is 0 Å². The van der Waals surface area contributed by atoms with E-state index in [4.69, 9.17) is 5.26 Å². The third-order valence-electron chi connectivity index (χ3n) is 2.11. The summed E-state index contributed by atoms with van der Waals surface area (Å²) in [6, 6.07) is 2.18. The van der Waals surface area contributed by atoms with Crippen LogP contribution in [0.15, 0.2) is 12.3 Å². The molecule has 0 saturated carbocycles. The van der Waals surface area contributed by atoms with Gasteiger partial charge >= 0.3 is 0 Å². The van der Waals surface area contributed by atoms with Gasteiger partial charge in [-0.2, -0.15) is 5.26 Å². The Bertz CT molecular complexity index is 228. The van der Waals surface area contributed by atoms with E-state index in [1.807, 2.05) is 21.1 Å². The summed E-state index contributed by atoms with van der Waals surface area (Å²) in [5, 5.41) is 8.65. The van der Waals surface area contributed by atoms with E-state index in [2.05, 4.69) is 33.0 Å². The molecule has 0 radical (unpaired) electrons. The lowest BCUT2D eigenvalue weighted by atomic mass is 10.3. The Labute approximate surface area is 79.6 Å². The van der Waals surface area contributed by atoms with Gasteiger partial charge in [0.25, 0.3) is 0 Å². The lowest BCUT2D eigenvalue weighted by Crippen LogP contribution is -2.55. The second-order valence-electron chi connectivity index (χ2n) is 3.45. The first kappa shape index (κ1) is 10.0. The topological polar surface area (TPSA) is 33.5 Å². The first-order valence-electron chi connectivity index (χ1n) is 4.33. The van der Waals surface area contributed by atoms with Gasteiger partial charge in [0.1, 0.15) is 6.29 Å². The average molecular weight is 180 g/mol. The predicted molar refractivity (Wildman–Crippen MR) is 51.6 cm³/mol. The van der Waals surface area contributed by atoms with Crippen molar-refractivity contribution in [3.63, 3.8) is 0 Å². The molecule has 1 atom stereocenters. The van der Waals surface area contributed by atoms with Crippen LogP contribution in [0.3, 0.4) is 0 Å². The molecule has 1 heterocycles. The van der Waals surface area contributed by atoms with Gasteiger partial charge in [-0.3, -0.25) is 9.80 Å². The summed E-state index contributed by atoms with van der Waals surface area (Å²) in [4.78, 5) is 6.31. The van der Waals surface area contributed by atoms with E-state index in [9.17, 15) is 0 Å².